The number of rotatable bonds is 5. The first-order valence-electron chi connectivity index (χ1n) is 7.66. The third-order valence-corrected chi connectivity index (χ3v) is 4.08. The summed E-state index contributed by atoms with van der Waals surface area (Å²) in [4.78, 5) is 8.37. The number of nitrogens with two attached hydrogens (primary N) is 1. The molecule has 2 aromatic rings. The van der Waals surface area contributed by atoms with E-state index in [0.717, 1.165) is 23.5 Å². The molecule has 0 saturated heterocycles. The van der Waals surface area contributed by atoms with Crippen LogP contribution >= 0.6 is 0 Å². The number of pyridine rings is 1. The standard InChI is InChI=1S/C16H22N4O/c17-15-6-7-18-10-14(15)16-11-19-12-20(16)8-9-21-13-4-2-1-3-5-13/h6-7,10-13H,1-5,8-9H2,(H2,17,18). The van der Waals surface area contributed by atoms with Gasteiger partial charge in [-0.25, -0.2) is 4.98 Å². The van der Waals surface area contributed by atoms with Crippen LogP contribution in [0.1, 0.15) is 32.1 Å². The molecule has 1 fully saturated rings. The number of anilines is 1. The average Bonchev–Trinajstić information content (AvgIpc) is 2.97. The third kappa shape index (κ3) is 3.42. The van der Waals surface area contributed by atoms with Crippen molar-refractivity contribution in [3.63, 3.8) is 0 Å². The second kappa shape index (κ2) is 6.72. The maximum Gasteiger partial charge on any atom is 0.0951 e. The molecule has 2 aromatic heterocycles. The Labute approximate surface area is 125 Å². The lowest BCUT2D eigenvalue weighted by atomic mass is 9.98. The van der Waals surface area contributed by atoms with Gasteiger partial charge in [0.15, 0.2) is 0 Å². The Balaban J connectivity index is 1.62. The number of hydrogen-bond acceptors (Lipinski definition) is 4. The molecule has 21 heavy (non-hydrogen) atoms. The maximum atomic E-state index is 6.01. The number of imidazole rings is 1. The molecule has 0 aliphatic heterocycles. The topological polar surface area (TPSA) is 66.0 Å². The molecule has 112 valence electrons. The Kier molecular flexibility index (Phi) is 4.50. The van der Waals surface area contributed by atoms with Gasteiger partial charge in [0.05, 0.1) is 30.9 Å². The highest BCUT2D eigenvalue weighted by atomic mass is 16.5. The normalized spacial score (nSPS) is 16.2. The van der Waals surface area contributed by atoms with Crippen molar-refractivity contribution < 1.29 is 4.74 Å². The first kappa shape index (κ1) is 14.1. The Morgan fingerprint density at radius 3 is 2.86 bits per heavy atom. The van der Waals surface area contributed by atoms with Crippen LogP contribution in [0.5, 0.6) is 0 Å². The fraction of sp³-hybridized carbons (Fsp3) is 0.500. The van der Waals surface area contributed by atoms with Crippen molar-refractivity contribution in [3.8, 4) is 11.3 Å². The van der Waals surface area contributed by atoms with Gasteiger partial charge in [-0.05, 0) is 18.9 Å². The van der Waals surface area contributed by atoms with E-state index in [2.05, 4.69) is 14.5 Å². The van der Waals surface area contributed by atoms with Gasteiger partial charge in [-0.2, -0.15) is 0 Å². The zero-order valence-corrected chi connectivity index (χ0v) is 12.2. The second-order valence-corrected chi connectivity index (χ2v) is 5.57. The molecule has 0 bridgehead atoms. The van der Waals surface area contributed by atoms with Crippen LogP contribution in [0, 0.1) is 0 Å². The van der Waals surface area contributed by atoms with Crippen LogP contribution in [0.25, 0.3) is 11.3 Å². The van der Waals surface area contributed by atoms with E-state index in [1.54, 1.807) is 12.4 Å². The van der Waals surface area contributed by atoms with Gasteiger partial charge in [0.1, 0.15) is 0 Å². The molecule has 0 unspecified atom stereocenters. The average molecular weight is 286 g/mol. The molecule has 0 aromatic carbocycles. The van der Waals surface area contributed by atoms with E-state index in [-0.39, 0.29) is 0 Å². The zero-order chi connectivity index (χ0) is 14.5. The summed E-state index contributed by atoms with van der Waals surface area (Å²) in [6, 6.07) is 1.81. The lowest BCUT2D eigenvalue weighted by Crippen LogP contribution is -2.19. The minimum atomic E-state index is 0.439. The zero-order valence-electron chi connectivity index (χ0n) is 12.2. The lowest BCUT2D eigenvalue weighted by molar-refractivity contribution is 0.0242. The van der Waals surface area contributed by atoms with E-state index in [4.69, 9.17) is 10.5 Å². The first-order chi connectivity index (χ1) is 10.3. The maximum absolute atomic E-state index is 6.01. The van der Waals surface area contributed by atoms with Gasteiger partial charge >= 0.3 is 0 Å². The molecule has 5 heteroatoms. The van der Waals surface area contributed by atoms with Gasteiger partial charge in [-0.15, -0.1) is 0 Å². The highest BCUT2D eigenvalue weighted by Gasteiger charge is 2.14. The van der Waals surface area contributed by atoms with E-state index in [1.807, 2.05) is 18.6 Å². The fourth-order valence-corrected chi connectivity index (χ4v) is 2.89. The highest BCUT2D eigenvalue weighted by Crippen LogP contribution is 2.24. The largest absolute Gasteiger partial charge is 0.398 e. The minimum Gasteiger partial charge on any atom is -0.398 e. The van der Waals surface area contributed by atoms with Crippen molar-refractivity contribution in [2.45, 2.75) is 44.8 Å². The molecule has 0 amide bonds. The molecule has 2 N–H and O–H groups in total. The summed E-state index contributed by atoms with van der Waals surface area (Å²) < 4.78 is 8.06. The molecule has 3 rings (SSSR count). The molecular weight excluding hydrogens is 264 g/mol. The molecule has 0 atom stereocenters. The number of ether oxygens (including phenoxy) is 1. The van der Waals surface area contributed by atoms with Crippen LogP contribution in [-0.2, 0) is 11.3 Å². The van der Waals surface area contributed by atoms with E-state index in [0.29, 0.717) is 12.7 Å². The second-order valence-electron chi connectivity index (χ2n) is 5.57. The predicted molar refractivity (Wildman–Crippen MR) is 82.7 cm³/mol. The Hall–Kier alpha value is -1.88. The molecule has 1 aliphatic carbocycles. The monoisotopic (exact) mass is 286 g/mol. The SMILES string of the molecule is Nc1ccncc1-c1cncn1CCOC1CCCCC1. The van der Waals surface area contributed by atoms with Crippen molar-refractivity contribution >= 4 is 5.69 Å². The summed E-state index contributed by atoms with van der Waals surface area (Å²) in [6.45, 7) is 1.51. The molecule has 0 spiro atoms. The van der Waals surface area contributed by atoms with Crippen LogP contribution in [0.2, 0.25) is 0 Å². The number of aromatic nitrogens is 3. The van der Waals surface area contributed by atoms with Crippen LogP contribution in [-0.4, -0.2) is 27.2 Å². The Morgan fingerprint density at radius 2 is 2.05 bits per heavy atom. The predicted octanol–water partition coefficient (Wildman–Crippen LogP) is 2.88. The molecule has 0 radical (unpaired) electrons. The first-order valence-corrected chi connectivity index (χ1v) is 7.66. The van der Waals surface area contributed by atoms with Crippen LogP contribution in [0.3, 0.4) is 0 Å². The van der Waals surface area contributed by atoms with E-state index in [1.165, 1.54) is 32.1 Å². The van der Waals surface area contributed by atoms with Crippen molar-refractivity contribution in [2.24, 2.45) is 0 Å². The molecule has 1 aliphatic rings. The molecule has 2 heterocycles. The van der Waals surface area contributed by atoms with E-state index < -0.39 is 0 Å². The van der Waals surface area contributed by atoms with Crippen molar-refractivity contribution in [1.82, 2.24) is 14.5 Å². The highest BCUT2D eigenvalue weighted by molar-refractivity contribution is 5.72. The van der Waals surface area contributed by atoms with Gasteiger partial charge in [0, 0.05) is 30.2 Å². The molecular formula is C16H22N4O. The van der Waals surface area contributed by atoms with Gasteiger partial charge in [-0.1, -0.05) is 19.3 Å². The molecule has 5 nitrogen and oxygen atoms in total. The third-order valence-electron chi connectivity index (χ3n) is 4.08. The fourth-order valence-electron chi connectivity index (χ4n) is 2.89. The number of nitrogens with zero attached hydrogens (tertiary/aromatic N) is 3. The number of hydrogen-bond donors (Lipinski definition) is 1. The lowest BCUT2D eigenvalue weighted by Gasteiger charge is -2.22. The van der Waals surface area contributed by atoms with Gasteiger partial charge in [0.25, 0.3) is 0 Å². The summed E-state index contributed by atoms with van der Waals surface area (Å²) >= 11 is 0. The summed E-state index contributed by atoms with van der Waals surface area (Å²) in [7, 11) is 0. The van der Waals surface area contributed by atoms with Gasteiger partial charge in [0.2, 0.25) is 0 Å². The van der Waals surface area contributed by atoms with Crippen molar-refractivity contribution in [1.29, 1.82) is 0 Å². The van der Waals surface area contributed by atoms with E-state index in [9.17, 15) is 0 Å². The van der Waals surface area contributed by atoms with E-state index >= 15 is 0 Å². The molecule has 1 saturated carbocycles. The van der Waals surface area contributed by atoms with Crippen molar-refractivity contribution in [3.05, 3.63) is 31.0 Å². The summed E-state index contributed by atoms with van der Waals surface area (Å²) in [5.74, 6) is 0. The van der Waals surface area contributed by atoms with Crippen molar-refractivity contribution in [2.75, 3.05) is 12.3 Å². The van der Waals surface area contributed by atoms with Crippen LogP contribution < -0.4 is 5.73 Å². The number of nitrogen functional groups attached to an aromatic ring is 1. The Bertz CT molecular complexity index is 575. The van der Waals surface area contributed by atoms with Gasteiger partial charge in [-0.3, -0.25) is 4.98 Å². The Morgan fingerprint density at radius 1 is 1.19 bits per heavy atom. The smallest absolute Gasteiger partial charge is 0.0951 e. The van der Waals surface area contributed by atoms with Crippen LogP contribution in [0.15, 0.2) is 31.0 Å². The quantitative estimate of drug-likeness (QED) is 0.917. The van der Waals surface area contributed by atoms with Gasteiger partial charge < -0.3 is 15.0 Å². The minimum absolute atomic E-state index is 0.439. The summed E-state index contributed by atoms with van der Waals surface area (Å²) in [5.41, 5.74) is 8.65. The summed E-state index contributed by atoms with van der Waals surface area (Å²) in [5, 5.41) is 0. The summed E-state index contributed by atoms with van der Waals surface area (Å²) in [6.07, 6.45) is 13.9. The van der Waals surface area contributed by atoms with Crippen LogP contribution in [0.4, 0.5) is 5.69 Å².